The summed E-state index contributed by atoms with van der Waals surface area (Å²) in [5.41, 5.74) is 2.49. The smallest absolute Gasteiger partial charge is 0.259 e. The highest BCUT2D eigenvalue weighted by Crippen LogP contribution is 2.23. The molecule has 2 aromatic carbocycles. The molecule has 0 saturated carbocycles. The number of aliphatic imine (C=N–C) groups is 1. The third-order valence-electron chi connectivity index (χ3n) is 3.83. The van der Waals surface area contributed by atoms with Crippen LogP contribution >= 0.6 is 11.8 Å². The number of hydrogen-bond acceptors (Lipinski definition) is 3. The molecule has 1 aliphatic heterocycles. The minimum absolute atomic E-state index is 0.125. The Bertz CT molecular complexity index is 807. The van der Waals surface area contributed by atoms with E-state index in [0.717, 1.165) is 12.1 Å². The Labute approximate surface area is 143 Å². The Hall–Kier alpha value is -2.21. The van der Waals surface area contributed by atoms with E-state index in [-0.39, 0.29) is 11.5 Å². The summed E-state index contributed by atoms with van der Waals surface area (Å²) in [6.45, 7) is 3.01. The molecule has 0 radical (unpaired) electrons. The van der Waals surface area contributed by atoms with Crippen molar-refractivity contribution >= 4 is 22.8 Å². The van der Waals surface area contributed by atoms with Gasteiger partial charge in [0.2, 0.25) is 0 Å². The van der Waals surface area contributed by atoms with Crippen LogP contribution in [0.15, 0.2) is 47.5 Å². The van der Waals surface area contributed by atoms with Crippen molar-refractivity contribution in [3.05, 3.63) is 70.8 Å². The SMILES string of the molecule is Cc1ccccc1CSC1=NCCN1C(=O)c1ccc(F)c(F)c1. The lowest BCUT2D eigenvalue weighted by Gasteiger charge is -2.18. The largest absolute Gasteiger partial charge is 0.286 e. The molecule has 6 heteroatoms. The number of carbonyl (C=O) groups excluding carboxylic acids is 1. The second-order valence-electron chi connectivity index (χ2n) is 5.47. The first kappa shape index (κ1) is 16.6. The Morgan fingerprint density at radius 2 is 2.00 bits per heavy atom. The molecular formula is C18H16F2N2OS. The molecule has 124 valence electrons. The van der Waals surface area contributed by atoms with Crippen molar-refractivity contribution in [1.82, 2.24) is 4.90 Å². The molecule has 0 atom stereocenters. The topological polar surface area (TPSA) is 32.7 Å². The molecule has 0 bridgehead atoms. The van der Waals surface area contributed by atoms with Gasteiger partial charge in [0.1, 0.15) is 0 Å². The van der Waals surface area contributed by atoms with Crippen LogP contribution in [0.5, 0.6) is 0 Å². The molecule has 0 N–H and O–H groups in total. The molecule has 0 saturated heterocycles. The van der Waals surface area contributed by atoms with E-state index in [0.29, 0.717) is 24.0 Å². The maximum absolute atomic E-state index is 13.4. The number of amidine groups is 1. The number of nitrogens with zero attached hydrogens (tertiary/aromatic N) is 2. The molecule has 0 aromatic heterocycles. The van der Waals surface area contributed by atoms with Crippen molar-refractivity contribution < 1.29 is 13.6 Å². The van der Waals surface area contributed by atoms with Crippen LogP contribution in [0.3, 0.4) is 0 Å². The summed E-state index contributed by atoms with van der Waals surface area (Å²) >= 11 is 1.48. The van der Waals surface area contributed by atoms with Crippen molar-refractivity contribution in [2.45, 2.75) is 12.7 Å². The minimum Gasteiger partial charge on any atom is -0.286 e. The van der Waals surface area contributed by atoms with Gasteiger partial charge in [0.15, 0.2) is 16.8 Å². The fourth-order valence-corrected chi connectivity index (χ4v) is 3.56. The first-order valence-electron chi connectivity index (χ1n) is 7.55. The van der Waals surface area contributed by atoms with E-state index in [1.165, 1.54) is 33.9 Å². The van der Waals surface area contributed by atoms with E-state index in [2.05, 4.69) is 4.99 Å². The molecule has 24 heavy (non-hydrogen) atoms. The zero-order valence-electron chi connectivity index (χ0n) is 13.1. The van der Waals surface area contributed by atoms with Crippen LogP contribution in [0.4, 0.5) is 8.78 Å². The van der Waals surface area contributed by atoms with E-state index < -0.39 is 11.6 Å². The molecule has 0 fully saturated rings. The van der Waals surface area contributed by atoms with Gasteiger partial charge >= 0.3 is 0 Å². The Morgan fingerprint density at radius 3 is 2.75 bits per heavy atom. The second kappa shape index (κ2) is 7.13. The second-order valence-corrected chi connectivity index (χ2v) is 6.41. The van der Waals surface area contributed by atoms with Gasteiger partial charge in [-0.2, -0.15) is 0 Å². The molecule has 3 rings (SSSR count). The van der Waals surface area contributed by atoms with Crippen LogP contribution in [0.1, 0.15) is 21.5 Å². The Morgan fingerprint density at radius 1 is 1.21 bits per heavy atom. The quantitative estimate of drug-likeness (QED) is 0.841. The molecule has 1 heterocycles. The average Bonchev–Trinajstić information content (AvgIpc) is 3.04. The van der Waals surface area contributed by atoms with Gasteiger partial charge in [-0.1, -0.05) is 36.0 Å². The van der Waals surface area contributed by atoms with Gasteiger partial charge in [0, 0.05) is 17.9 Å². The fourth-order valence-electron chi connectivity index (χ4n) is 2.44. The minimum atomic E-state index is -1.02. The van der Waals surface area contributed by atoms with Crippen molar-refractivity contribution in [3.63, 3.8) is 0 Å². The highest BCUT2D eigenvalue weighted by molar-refractivity contribution is 8.13. The number of halogens is 2. The van der Waals surface area contributed by atoms with E-state index in [4.69, 9.17) is 0 Å². The number of amides is 1. The Kier molecular flexibility index (Phi) is 4.94. The molecule has 0 spiro atoms. The molecule has 1 aliphatic rings. The standard InChI is InChI=1S/C18H16F2N2OS/c1-12-4-2-3-5-14(12)11-24-18-21-8-9-22(18)17(23)13-6-7-15(19)16(20)10-13/h2-7,10H,8-9,11H2,1H3. The van der Waals surface area contributed by atoms with Crippen LogP contribution in [0.25, 0.3) is 0 Å². The third-order valence-corrected chi connectivity index (χ3v) is 4.89. The summed E-state index contributed by atoms with van der Waals surface area (Å²) in [6.07, 6.45) is 0. The van der Waals surface area contributed by atoms with Crippen LogP contribution in [0.2, 0.25) is 0 Å². The van der Waals surface area contributed by atoms with E-state index in [1.54, 1.807) is 0 Å². The Balaban J connectivity index is 1.72. The maximum atomic E-state index is 13.4. The van der Waals surface area contributed by atoms with Crippen LogP contribution in [0, 0.1) is 18.6 Å². The molecule has 0 aliphatic carbocycles. The van der Waals surface area contributed by atoms with E-state index in [9.17, 15) is 13.6 Å². The summed E-state index contributed by atoms with van der Waals surface area (Å²) in [5.74, 6) is -1.64. The summed E-state index contributed by atoms with van der Waals surface area (Å²) in [4.78, 5) is 18.4. The molecular weight excluding hydrogens is 330 g/mol. The lowest BCUT2D eigenvalue weighted by molar-refractivity contribution is 0.0860. The number of rotatable bonds is 3. The molecule has 0 unspecified atom stereocenters. The lowest BCUT2D eigenvalue weighted by Crippen LogP contribution is -2.33. The summed E-state index contributed by atoms with van der Waals surface area (Å²) in [6, 6.07) is 11.2. The number of aryl methyl sites for hydroxylation is 1. The van der Waals surface area contributed by atoms with E-state index >= 15 is 0 Å². The van der Waals surface area contributed by atoms with Crippen LogP contribution in [-0.2, 0) is 5.75 Å². The van der Waals surface area contributed by atoms with Crippen molar-refractivity contribution in [2.24, 2.45) is 4.99 Å². The summed E-state index contributed by atoms with van der Waals surface area (Å²) in [5, 5.41) is 0.619. The highest BCUT2D eigenvalue weighted by Gasteiger charge is 2.25. The van der Waals surface area contributed by atoms with Crippen molar-refractivity contribution in [2.75, 3.05) is 13.1 Å². The fraction of sp³-hybridized carbons (Fsp3) is 0.222. The van der Waals surface area contributed by atoms with Gasteiger partial charge in [0.25, 0.3) is 5.91 Å². The van der Waals surface area contributed by atoms with Gasteiger partial charge in [-0.05, 0) is 36.2 Å². The van der Waals surface area contributed by atoms with E-state index in [1.807, 2.05) is 31.2 Å². The third kappa shape index (κ3) is 3.48. The number of benzene rings is 2. The van der Waals surface area contributed by atoms with Crippen molar-refractivity contribution in [1.29, 1.82) is 0 Å². The van der Waals surface area contributed by atoms with Crippen molar-refractivity contribution in [3.8, 4) is 0 Å². The average molecular weight is 346 g/mol. The number of thioether (sulfide) groups is 1. The molecule has 3 nitrogen and oxygen atoms in total. The molecule has 1 amide bonds. The van der Waals surface area contributed by atoms with Gasteiger partial charge < -0.3 is 0 Å². The zero-order valence-corrected chi connectivity index (χ0v) is 13.9. The summed E-state index contributed by atoms with van der Waals surface area (Å²) < 4.78 is 26.4. The first-order chi connectivity index (χ1) is 11.6. The number of carbonyl (C=O) groups is 1. The number of hydrogen-bond donors (Lipinski definition) is 0. The predicted octanol–water partition coefficient (Wildman–Crippen LogP) is 4.02. The van der Waals surface area contributed by atoms with Gasteiger partial charge in [-0.3, -0.25) is 14.7 Å². The lowest BCUT2D eigenvalue weighted by atomic mass is 10.1. The monoisotopic (exact) mass is 346 g/mol. The summed E-state index contributed by atoms with van der Waals surface area (Å²) in [7, 11) is 0. The van der Waals surface area contributed by atoms with Gasteiger partial charge in [0.05, 0.1) is 6.54 Å². The highest BCUT2D eigenvalue weighted by atomic mass is 32.2. The predicted molar refractivity (Wildman–Crippen MR) is 92.2 cm³/mol. The van der Waals surface area contributed by atoms with Gasteiger partial charge in [-0.15, -0.1) is 0 Å². The zero-order chi connectivity index (χ0) is 17.1. The van der Waals surface area contributed by atoms with Crippen LogP contribution in [-0.4, -0.2) is 29.1 Å². The normalized spacial score (nSPS) is 14.0. The van der Waals surface area contributed by atoms with Crippen LogP contribution < -0.4 is 0 Å². The molecule has 2 aromatic rings. The van der Waals surface area contributed by atoms with Gasteiger partial charge in [-0.25, -0.2) is 8.78 Å². The maximum Gasteiger partial charge on any atom is 0.259 e. The first-order valence-corrected chi connectivity index (χ1v) is 8.53.